The molecule has 2 bridgehead atoms. The van der Waals surface area contributed by atoms with Gasteiger partial charge < -0.3 is 9.47 Å². The molecule has 0 amide bonds. The Balaban J connectivity index is 1.96. The van der Waals surface area contributed by atoms with Crippen LogP contribution in [0.1, 0.15) is 30.7 Å². The average molecular weight is 315 g/mol. The number of methoxy groups -OCH3 is 1. The zero-order valence-corrected chi connectivity index (χ0v) is 12.7. The molecule has 108 valence electrons. The topological polar surface area (TPSA) is 35.5 Å². The van der Waals surface area contributed by atoms with E-state index in [1.165, 1.54) is 7.11 Å². The van der Waals surface area contributed by atoms with Crippen molar-refractivity contribution in [3.05, 3.63) is 33.8 Å². The molecule has 2 fully saturated rings. The van der Waals surface area contributed by atoms with Crippen molar-refractivity contribution in [2.45, 2.75) is 37.4 Å². The van der Waals surface area contributed by atoms with Gasteiger partial charge in [0.2, 0.25) is 0 Å². The summed E-state index contributed by atoms with van der Waals surface area (Å²) >= 11 is 12.1. The molecular formula is C15H16Cl2O3. The normalized spacial score (nSPS) is 32.1. The summed E-state index contributed by atoms with van der Waals surface area (Å²) in [6, 6.07) is 5.58. The third-order valence-electron chi connectivity index (χ3n) is 4.34. The van der Waals surface area contributed by atoms with Gasteiger partial charge >= 0.3 is 5.97 Å². The van der Waals surface area contributed by atoms with Crippen molar-refractivity contribution >= 4 is 29.2 Å². The summed E-state index contributed by atoms with van der Waals surface area (Å²) in [4.78, 5) is 12.1. The monoisotopic (exact) mass is 314 g/mol. The molecule has 0 saturated carbocycles. The van der Waals surface area contributed by atoms with Crippen LogP contribution < -0.4 is 0 Å². The van der Waals surface area contributed by atoms with Crippen molar-refractivity contribution in [3.8, 4) is 0 Å². The Morgan fingerprint density at radius 1 is 1.30 bits per heavy atom. The molecule has 0 aromatic heterocycles. The molecule has 0 spiro atoms. The van der Waals surface area contributed by atoms with Crippen LogP contribution in [0.5, 0.6) is 0 Å². The Labute approximate surface area is 128 Å². The maximum absolute atomic E-state index is 12.1. The molecule has 20 heavy (non-hydrogen) atoms. The van der Waals surface area contributed by atoms with Crippen molar-refractivity contribution in [1.82, 2.24) is 0 Å². The molecule has 1 aromatic rings. The Hall–Kier alpha value is -0.770. The molecule has 4 atom stereocenters. The molecule has 0 aliphatic carbocycles. The average Bonchev–Trinajstić information content (AvgIpc) is 2.82. The smallest absolute Gasteiger partial charge is 0.311 e. The summed E-state index contributed by atoms with van der Waals surface area (Å²) < 4.78 is 10.8. The summed E-state index contributed by atoms with van der Waals surface area (Å²) in [5.74, 6) is -0.370. The predicted molar refractivity (Wildman–Crippen MR) is 77.2 cm³/mol. The van der Waals surface area contributed by atoms with Gasteiger partial charge in [0.15, 0.2) is 0 Å². The van der Waals surface area contributed by atoms with Gasteiger partial charge in [-0.25, -0.2) is 0 Å². The zero-order valence-electron chi connectivity index (χ0n) is 11.1. The first-order chi connectivity index (χ1) is 9.60. The van der Waals surface area contributed by atoms with Crippen LogP contribution in [0.2, 0.25) is 10.0 Å². The van der Waals surface area contributed by atoms with Crippen LogP contribution in [0, 0.1) is 5.92 Å². The lowest BCUT2D eigenvalue weighted by molar-refractivity contribution is -0.156. The van der Waals surface area contributed by atoms with Crippen molar-refractivity contribution in [2.75, 3.05) is 7.11 Å². The van der Waals surface area contributed by atoms with Crippen molar-refractivity contribution in [3.63, 3.8) is 0 Å². The fourth-order valence-electron chi connectivity index (χ4n) is 3.40. The molecule has 2 aliphatic heterocycles. The summed E-state index contributed by atoms with van der Waals surface area (Å²) in [7, 11) is 1.43. The fourth-order valence-corrected chi connectivity index (χ4v) is 3.71. The maximum Gasteiger partial charge on any atom is 0.311 e. The molecule has 0 radical (unpaired) electrons. The highest BCUT2D eigenvalue weighted by molar-refractivity contribution is 6.42. The van der Waals surface area contributed by atoms with E-state index in [1.54, 1.807) is 6.07 Å². The highest BCUT2D eigenvalue weighted by atomic mass is 35.5. The molecular weight excluding hydrogens is 299 g/mol. The number of ether oxygens (including phenoxy) is 2. The van der Waals surface area contributed by atoms with Gasteiger partial charge in [-0.05, 0) is 37.0 Å². The summed E-state index contributed by atoms with van der Waals surface area (Å²) in [6.07, 6.45) is 2.95. The van der Waals surface area contributed by atoms with Crippen LogP contribution >= 0.6 is 23.2 Å². The second-order valence-corrected chi connectivity index (χ2v) is 6.25. The lowest BCUT2D eigenvalue weighted by Gasteiger charge is -2.35. The minimum absolute atomic E-state index is 0.0411. The third-order valence-corrected chi connectivity index (χ3v) is 5.08. The van der Waals surface area contributed by atoms with Gasteiger partial charge in [-0.3, -0.25) is 4.79 Å². The number of benzene rings is 1. The molecule has 5 heteroatoms. The highest BCUT2D eigenvalue weighted by Crippen LogP contribution is 2.46. The van der Waals surface area contributed by atoms with E-state index in [4.69, 9.17) is 32.7 Å². The van der Waals surface area contributed by atoms with E-state index >= 15 is 0 Å². The van der Waals surface area contributed by atoms with Crippen LogP contribution in [0.3, 0.4) is 0 Å². The molecule has 3 nitrogen and oxygen atoms in total. The maximum atomic E-state index is 12.1. The minimum Gasteiger partial charge on any atom is -0.469 e. The molecule has 3 rings (SSSR count). The van der Waals surface area contributed by atoms with E-state index in [0.717, 1.165) is 24.8 Å². The molecule has 2 aliphatic rings. The van der Waals surface area contributed by atoms with Gasteiger partial charge in [-0.15, -0.1) is 0 Å². The van der Waals surface area contributed by atoms with Crippen LogP contribution in [-0.2, 0) is 14.3 Å². The number of fused-ring (bicyclic) bond motifs is 2. The van der Waals surface area contributed by atoms with Gasteiger partial charge in [-0.2, -0.15) is 0 Å². The van der Waals surface area contributed by atoms with Crippen LogP contribution in [0.4, 0.5) is 0 Å². The molecule has 3 unspecified atom stereocenters. The van der Waals surface area contributed by atoms with Gasteiger partial charge in [0.25, 0.3) is 0 Å². The fraction of sp³-hybridized carbons (Fsp3) is 0.533. The van der Waals surface area contributed by atoms with Gasteiger partial charge in [0.1, 0.15) is 0 Å². The van der Waals surface area contributed by atoms with Gasteiger partial charge in [-0.1, -0.05) is 29.3 Å². The molecule has 2 saturated heterocycles. The van der Waals surface area contributed by atoms with Crippen LogP contribution in [0.25, 0.3) is 0 Å². The van der Waals surface area contributed by atoms with E-state index in [9.17, 15) is 4.79 Å². The van der Waals surface area contributed by atoms with Crippen LogP contribution in [-0.4, -0.2) is 25.3 Å². The van der Waals surface area contributed by atoms with Gasteiger partial charge in [0.05, 0.1) is 35.3 Å². The van der Waals surface area contributed by atoms with E-state index in [1.807, 2.05) is 12.1 Å². The number of hydrogen-bond donors (Lipinski definition) is 0. The first kappa shape index (κ1) is 14.2. The lowest BCUT2D eigenvalue weighted by atomic mass is 9.79. The largest absolute Gasteiger partial charge is 0.469 e. The summed E-state index contributed by atoms with van der Waals surface area (Å²) in [5, 5.41) is 1.05. The predicted octanol–water partition coefficient (Wildman–Crippen LogP) is 3.82. The number of rotatable bonds is 2. The number of carbonyl (C=O) groups is 1. The number of halogens is 2. The third kappa shape index (κ3) is 2.43. The van der Waals surface area contributed by atoms with Crippen LogP contribution in [0.15, 0.2) is 18.2 Å². The highest BCUT2D eigenvalue weighted by Gasteiger charge is 2.47. The molecule has 2 heterocycles. The Morgan fingerprint density at radius 2 is 2.10 bits per heavy atom. The summed E-state index contributed by atoms with van der Waals surface area (Å²) in [5.41, 5.74) is 1.04. The Morgan fingerprint density at radius 3 is 2.80 bits per heavy atom. The van der Waals surface area contributed by atoms with E-state index in [0.29, 0.717) is 10.0 Å². The lowest BCUT2D eigenvalue weighted by Crippen LogP contribution is -2.39. The molecule has 1 aromatic carbocycles. The van der Waals surface area contributed by atoms with E-state index < -0.39 is 0 Å². The minimum atomic E-state index is -0.254. The standard InChI is InChI=1S/C15H16Cl2O3/c1-19-15(18)14-10(7-9-3-5-13(14)20-9)8-2-4-11(16)12(17)6-8/h2,4,6,9-10,13-14H,3,5,7H2,1H3/t9?,10?,13-,14?/m0/s1. The number of esters is 1. The number of hydrogen-bond acceptors (Lipinski definition) is 3. The number of carbonyl (C=O) groups excluding carboxylic acids is 1. The Kier molecular flexibility index (Phi) is 3.93. The van der Waals surface area contributed by atoms with Crippen molar-refractivity contribution in [2.24, 2.45) is 5.92 Å². The quantitative estimate of drug-likeness (QED) is 0.778. The summed E-state index contributed by atoms with van der Waals surface area (Å²) in [6.45, 7) is 0. The van der Waals surface area contributed by atoms with Crippen molar-refractivity contribution < 1.29 is 14.3 Å². The molecule has 0 N–H and O–H groups in total. The first-order valence-electron chi connectivity index (χ1n) is 6.78. The second-order valence-electron chi connectivity index (χ2n) is 5.44. The zero-order chi connectivity index (χ0) is 14.3. The van der Waals surface area contributed by atoms with E-state index in [-0.39, 0.29) is 30.0 Å². The Bertz CT molecular complexity index is 532. The SMILES string of the molecule is COC(=O)C1C(c2ccc(Cl)c(Cl)c2)CC2CC[C@@H]1O2. The van der Waals surface area contributed by atoms with Gasteiger partial charge in [0, 0.05) is 5.92 Å². The van der Waals surface area contributed by atoms with Crippen molar-refractivity contribution in [1.29, 1.82) is 0 Å². The second kappa shape index (κ2) is 5.55. The van der Waals surface area contributed by atoms with E-state index in [2.05, 4.69) is 0 Å². The first-order valence-corrected chi connectivity index (χ1v) is 7.54.